The van der Waals surface area contributed by atoms with E-state index in [1.54, 1.807) is 4.68 Å². The number of halogens is 1. The Morgan fingerprint density at radius 1 is 1.62 bits per heavy atom. The maximum Gasteiger partial charge on any atom is 0.242 e. The van der Waals surface area contributed by atoms with Gasteiger partial charge in [-0.2, -0.15) is 0 Å². The maximum absolute atomic E-state index is 11.3. The van der Waals surface area contributed by atoms with Gasteiger partial charge in [-0.15, -0.1) is 5.10 Å². The van der Waals surface area contributed by atoms with Gasteiger partial charge in [0.1, 0.15) is 11.6 Å². The highest BCUT2D eigenvalue weighted by atomic mass is 79.9. The lowest BCUT2D eigenvalue weighted by molar-refractivity contribution is -0.121. The normalized spacial score (nSPS) is 12.9. The third kappa shape index (κ3) is 1.80. The van der Waals surface area contributed by atoms with Gasteiger partial charge in [-0.05, 0) is 24.6 Å². The molecule has 1 aromatic heterocycles. The fourth-order valence-corrected chi connectivity index (χ4v) is 1.98. The molecule has 0 spiro atoms. The van der Waals surface area contributed by atoms with Crippen LogP contribution < -0.4 is 5.73 Å². The number of carbonyl (C=O) groups excluding carboxylic acids is 1. The fraction of sp³-hybridized carbons (Fsp3) is 0.300. The van der Waals surface area contributed by atoms with E-state index in [-0.39, 0.29) is 0 Å². The Hall–Kier alpha value is -1.43. The van der Waals surface area contributed by atoms with Crippen molar-refractivity contribution in [2.75, 3.05) is 0 Å². The third-order valence-electron chi connectivity index (χ3n) is 2.44. The lowest BCUT2D eigenvalue weighted by Crippen LogP contribution is -2.26. The Bertz CT molecular complexity index is 537. The van der Waals surface area contributed by atoms with Crippen LogP contribution in [0, 0.1) is 0 Å². The number of amides is 1. The average molecular weight is 283 g/mol. The monoisotopic (exact) mass is 282 g/mol. The van der Waals surface area contributed by atoms with E-state index in [0.717, 1.165) is 15.5 Å². The molecule has 0 saturated carbocycles. The predicted molar refractivity (Wildman–Crippen MR) is 63.8 cm³/mol. The standard InChI is InChI=1S/C10H11BrN4O/c1-2-8(10(12)16)15-9-5-6(11)3-4-7(9)13-14-15/h3-5,8H,2H2,1H3,(H2,12,16). The van der Waals surface area contributed by atoms with Crippen molar-refractivity contribution in [2.45, 2.75) is 19.4 Å². The second-order valence-corrected chi connectivity index (χ2v) is 4.41. The zero-order valence-corrected chi connectivity index (χ0v) is 10.3. The molecule has 0 bridgehead atoms. The summed E-state index contributed by atoms with van der Waals surface area (Å²) in [5, 5.41) is 7.97. The zero-order chi connectivity index (χ0) is 11.7. The van der Waals surface area contributed by atoms with Gasteiger partial charge in [0.15, 0.2) is 0 Å². The van der Waals surface area contributed by atoms with Gasteiger partial charge in [-0.25, -0.2) is 4.68 Å². The smallest absolute Gasteiger partial charge is 0.242 e. The Balaban J connectivity index is 2.59. The summed E-state index contributed by atoms with van der Waals surface area (Å²) in [4.78, 5) is 11.3. The number of rotatable bonds is 3. The molecule has 0 aliphatic carbocycles. The summed E-state index contributed by atoms with van der Waals surface area (Å²) in [7, 11) is 0. The van der Waals surface area contributed by atoms with Crippen LogP contribution >= 0.6 is 15.9 Å². The van der Waals surface area contributed by atoms with Crippen molar-refractivity contribution in [3.05, 3.63) is 22.7 Å². The second-order valence-electron chi connectivity index (χ2n) is 3.49. The molecule has 1 atom stereocenters. The van der Waals surface area contributed by atoms with Crippen LogP contribution in [0.25, 0.3) is 11.0 Å². The van der Waals surface area contributed by atoms with Crippen molar-refractivity contribution in [1.29, 1.82) is 0 Å². The quantitative estimate of drug-likeness (QED) is 0.930. The van der Waals surface area contributed by atoms with E-state index in [1.807, 2.05) is 25.1 Å². The Kier molecular flexibility index (Phi) is 2.91. The number of fused-ring (bicyclic) bond motifs is 1. The molecule has 1 unspecified atom stereocenters. The van der Waals surface area contributed by atoms with Crippen LogP contribution in [-0.2, 0) is 4.79 Å². The molecule has 0 saturated heterocycles. The van der Waals surface area contributed by atoms with Crippen LogP contribution in [0.2, 0.25) is 0 Å². The van der Waals surface area contributed by atoms with E-state index in [1.165, 1.54) is 0 Å². The van der Waals surface area contributed by atoms with Gasteiger partial charge in [0.05, 0.1) is 5.52 Å². The molecule has 0 radical (unpaired) electrons. The molecule has 2 aromatic rings. The Labute approximate surface area is 101 Å². The molecular formula is C10H11BrN4O. The van der Waals surface area contributed by atoms with Crippen LogP contribution in [0.4, 0.5) is 0 Å². The molecule has 1 heterocycles. The average Bonchev–Trinajstić information content (AvgIpc) is 2.62. The minimum absolute atomic E-state index is 0.394. The molecule has 5 nitrogen and oxygen atoms in total. The minimum atomic E-state index is -0.445. The maximum atomic E-state index is 11.3. The summed E-state index contributed by atoms with van der Waals surface area (Å²) in [6, 6.07) is 5.16. The van der Waals surface area contributed by atoms with E-state index in [0.29, 0.717) is 6.42 Å². The van der Waals surface area contributed by atoms with Crippen molar-refractivity contribution in [3.63, 3.8) is 0 Å². The number of carbonyl (C=O) groups is 1. The molecule has 0 aliphatic heterocycles. The number of primary amides is 1. The lowest BCUT2D eigenvalue weighted by atomic mass is 10.2. The van der Waals surface area contributed by atoms with Crippen LogP contribution in [0.1, 0.15) is 19.4 Å². The van der Waals surface area contributed by atoms with Gasteiger partial charge >= 0.3 is 0 Å². The summed E-state index contributed by atoms with van der Waals surface area (Å²) in [5.41, 5.74) is 6.89. The first kappa shape index (κ1) is 11.1. The molecule has 84 valence electrons. The van der Waals surface area contributed by atoms with E-state index < -0.39 is 11.9 Å². The highest BCUT2D eigenvalue weighted by molar-refractivity contribution is 9.10. The highest BCUT2D eigenvalue weighted by Gasteiger charge is 2.19. The Morgan fingerprint density at radius 2 is 2.38 bits per heavy atom. The van der Waals surface area contributed by atoms with E-state index in [2.05, 4.69) is 26.2 Å². The SMILES string of the molecule is CCC(C(N)=O)n1nnc2ccc(Br)cc21. The summed E-state index contributed by atoms with van der Waals surface area (Å²) in [6.45, 7) is 1.89. The van der Waals surface area contributed by atoms with Gasteiger partial charge in [0.25, 0.3) is 0 Å². The molecule has 16 heavy (non-hydrogen) atoms. The van der Waals surface area contributed by atoms with Gasteiger partial charge in [0, 0.05) is 4.47 Å². The largest absolute Gasteiger partial charge is 0.368 e. The molecule has 2 N–H and O–H groups in total. The Morgan fingerprint density at radius 3 is 3.00 bits per heavy atom. The van der Waals surface area contributed by atoms with Gasteiger partial charge in [-0.1, -0.05) is 28.1 Å². The third-order valence-corrected chi connectivity index (χ3v) is 2.94. The van der Waals surface area contributed by atoms with Gasteiger partial charge < -0.3 is 5.73 Å². The van der Waals surface area contributed by atoms with Crippen molar-refractivity contribution in [3.8, 4) is 0 Å². The minimum Gasteiger partial charge on any atom is -0.368 e. The number of benzene rings is 1. The topological polar surface area (TPSA) is 73.8 Å². The van der Waals surface area contributed by atoms with E-state index in [9.17, 15) is 4.79 Å². The van der Waals surface area contributed by atoms with Crippen molar-refractivity contribution < 1.29 is 4.79 Å². The van der Waals surface area contributed by atoms with Crippen LogP contribution in [0.15, 0.2) is 22.7 Å². The summed E-state index contributed by atoms with van der Waals surface area (Å²) < 4.78 is 2.49. The number of hydrogen-bond donors (Lipinski definition) is 1. The van der Waals surface area contributed by atoms with E-state index >= 15 is 0 Å². The highest BCUT2D eigenvalue weighted by Crippen LogP contribution is 2.21. The molecule has 0 aliphatic rings. The summed E-state index contributed by atoms with van der Waals surface area (Å²) >= 11 is 3.37. The summed E-state index contributed by atoms with van der Waals surface area (Å²) in [5.74, 6) is -0.394. The van der Waals surface area contributed by atoms with Gasteiger partial charge in [-0.3, -0.25) is 4.79 Å². The van der Waals surface area contributed by atoms with Crippen molar-refractivity contribution >= 4 is 32.9 Å². The number of nitrogens with two attached hydrogens (primary N) is 1. The van der Waals surface area contributed by atoms with Crippen molar-refractivity contribution in [2.24, 2.45) is 5.73 Å². The molecule has 6 heteroatoms. The van der Waals surface area contributed by atoms with Crippen LogP contribution in [0.5, 0.6) is 0 Å². The first-order chi connectivity index (χ1) is 7.63. The molecule has 0 fully saturated rings. The number of hydrogen-bond acceptors (Lipinski definition) is 3. The molecule has 2 rings (SSSR count). The molecule has 1 aromatic carbocycles. The predicted octanol–water partition coefficient (Wildman–Crippen LogP) is 1.63. The van der Waals surface area contributed by atoms with Crippen LogP contribution in [0.3, 0.4) is 0 Å². The second kappa shape index (κ2) is 4.21. The van der Waals surface area contributed by atoms with Crippen molar-refractivity contribution in [1.82, 2.24) is 15.0 Å². The van der Waals surface area contributed by atoms with Crippen LogP contribution in [-0.4, -0.2) is 20.9 Å². The fourth-order valence-electron chi connectivity index (χ4n) is 1.63. The number of nitrogens with zero attached hydrogens (tertiary/aromatic N) is 3. The van der Waals surface area contributed by atoms with Gasteiger partial charge in [0.2, 0.25) is 5.91 Å². The van der Waals surface area contributed by atoms with E-state index in [4.69, 9.17) is 5.73 Å². The number of aromatic nitrogens is 3. The summed E-state index contributed by atoms with van der Waals surface area (Å²) in [6.07, 6.45) is 0.598. The molecule has 1 amide bonds. The lowest BCUT2D eigenvalue weighted by Gasteiger charge is -2.11. The molecular weight excluding hydrogens is 272 g/mol. The first-order valence-corrected chi connectivity index (χ1v) is 5.72. The first-order valence-electron chi connectivity index (χ1n) is 4.93. The zero-order valence-electron chi connectivity index (χ0n) is 8.72.